The van der Waals surface area contributed by atoms with Crippen LogP contribution in [0.5, 0.6) is 5.75 Å². The fraction of sp³-hybridized carbons (Fsp3) is 0.188. The van der Waals surface area contributed by atoms with Crippen molar-refractivity contribution in [3.8, 4) is 5.75 Å². The van der Waals surface area contributed by atoms with E-state index in [9.17, 15) is 0 Å². The van der Waals surface area contributed by atoms with Crippen molar-refractivity contribution in [2.75, 3.05) is 18.9 Å². The minimum atomic E-state index is 0.136. The van der Waals surface area contributed by atoms with Gasteiger partial charge in [0.2, 0.25) is 0 Å². The summed E-state index contributed by atoms with van der Waals surface area (Å²) >= 11 is 0. The highest BCUT2D eigenvalue weighted by molar-refractivity contribution is 6.12. The summed E-state index contributed by atoms with van der Waals surface area (Å²) in [6.45, 7) is 1.30. The number of pyridine rings is 1. The van der Waals surface area contributed by atoms with Gasteiger partial charge < -0.3 is 15.2 Å². The number of ether oxygens (including phenoxy) is 2. The molecule has 0 radical (unpaired) electrons. The number of anilines is 1. The molecule has 20 heavy (non-hydrogen) atoms. The monoisotopic (exact) mass is 266 g/mol. The van der Waals surface area contributed by atoms with Gasteiger partial charge in [-0.2, -0.15) is 0 Å². The number of nitrogens with zero attached hydrogens (tertiary/aromatic N) is 1. The highest BCUT2D eigenvalue weighted by Crippen LogP contribution is 2.34. The van der Waals surface area contributed by atoms with Gasteiger partial charge in [0.05, 0.1) is 24.1 Å². The Balaban J connectivity index is 2.01. The van der Waals surface area contributed by atoms with Crippen molar-refractivity contribution in [3.05, 3.63) is 42.5 Å². The van der Waals surface area contributed by atoms with E-state index in [0.29, 0.717) is 19.0 Å². The Labute approximate surface area is 116 Å². The van der Waals surface area contributed by atoms with E-state index >= 15 is 0 Å². The average molecular weight is 266 g/mol. The minimum absolute atomic E-state index is 0.136. The molecule has 0 aliphatic carbocycles. The Morgan fingerprint density at radius 1 is 1.05 bits per heavy atom. The first-order chi connectivity index (χ1) is 9.83. The molecule has 2 N–H and O–H groups in total. The number of nitrogen functional groups attached to an aromatic ring is 1. The molecule has 4 nitrogen and oxygen atoms in total. The van der Waals surface area contributed by atoms with E-state index in [4.69, 9.17) is 15.2 Å². The lowest BCUT2D eigenvalue weighted by atomic mass is 10.0. The number of aromatic nitrogens is 1. The summed E-state index contributed by atoms with van der Waals surface area (Å²) in [4.78, 5) is 4.48. The molecule has 0 unspecified atom stereocenters. The Morgan fingerprint density at radius 3 is 2.60 bits per heavy atom. The van der Waals surface area contributed by atoms with Crippen molar-refractivity contribution in [2.24, 2.45) is 0 Å². The molecule has 0 atom stereocenters. The van der Waals surface area contributed by atoms with Gasteiger partial charge in [-0.1, -0.05) is 30.3 Å². The molecule has 3 aromatic rings. The van der Waals surface area contributed by atoms with Crippen LogP contribution in [0.15, 0.2) is 42.5 Å². The molecule has 1 fully saturated rings. The first-order valence-corrected chi connectivity index (χ1v) is 6.64. The fourth-order valence-corrected chi connectivity index (χ4v) is 2.56. The van der Waals surface area contributed by atoms with Crippen LogP contribution in [0, 0.1) is 0 Å². The van der Waals surface area contributed by atoms with Crippen LogP contribution in [0.2, 0.25) is 0 Å². The molecule has 1 aliphatic heterocycles. The molecule has 1 aliphatic rings. The third-order valence-corrected chi connectivity index (χ3v) is 3.62. The summed E-state index contributed by atoms with van der Waals surface area (Å²) in [6.07, 6.45) is 0.136. The van der Waals surface area contributed by atoms with Crippen molar-refractivity contribution in [1.82, 2.24) is 4.98 Å². The molecule has 4 heteroatoms. The molecule has 2 aromatic carbocycles. The van der Waals surface area contributed by atoms with Crippen LogP contribution in [0.1, 0.15) is 0 Å². The summed E-state index contributed by atoms with van der Waals surface area (Å²) in [5.41, 5.74) is 6.90. The number of rotatable bonds is 2. The van der Waals surface area contributed by atoms with E-state index in [2.05, 4.69) is 11.1 Å². The summed E-state index contributed by atoms with van der Waals surface area (Å²) in [7, 11) is 0. The van der Waals surface area contributed by atoms with Gasteiger partial charge in [-0.25, -0.2) is 4.98 Å². The molecule has 0 saturated carbocycles. The van der Waals surface area contributed by atoms with Crippen LogP contribution in [0.4, 0.5) is 5.82 Å². The normalized spacial score (nSPS) is 15.4. The van der Waals surface area contributed by atoms with E-state index in [0.717, 1.165) is 27.4 Å². The first-order valence-electron chi connectivity index (χ1n) is 6.64. The Morgan fingerprint density at radius 2 is 1.85 bits per heavy atom. The standard InChI is InChI=1S/C16H14N2O2/c17-16-12-5-2-1-4-11(12)15-13(18-16)6-3-7-14(15)20-10-8-19-9-10/h1-7,10H,8-9H2,(H2,17,18). The first kappa shape index (κ1) is 11.5. The molecule has 0 spiro atoms. The van der Waals surface area contributed by atoms with Crippen molar-refractivity contribution in [2.45, 2.75) is 6.10 Å². The molecular weight excluding hydrogens is 252 g/mol. The second-order valence-electron chi connectivity index (χ2n) is 4.97. The van der Waals surface area contributed by atoms with E-state index in [1.54, 1.807) is 0 Å². The van der Waals surface area contributed by atoms with Crippen molar-refractivity contribution < 1.29 is 9.47 Å². The van der Waals surface area contributed by atoms with E-state index in [1.165, 1.54) is 0 Å². The summed E-state index contributed by atoms with van der Waals surface area (Å²) in [6, 6.07) is 13.9. The SMILES string of the molecule is Nc1nc2cccc(OC3COC3)c2c2ccccc12. The lowest BCUT2D eigenvalue weighted by Crippen LogP contribution is -2.38. The fourth-order valence-electron chi connectivity index (χ4n) is 2.56. The maximum absolute atomic E-state index is 6.04. The Bertz CT molecular complexity index is 797. The average Bonchev–Trinajstić information content (AvgIpc) is 2.43. The summed E-state index contributed by atoms with van der Waals surface area (Å²) in [5.74, 6) is 1.40. The summed E-state index contributed by atoms with van der Waals surface area (Å²) < 4.78 is 11.2. The number of benzene rings is 2. The van der Waals surface area contributed by atoms with Gasteiger partial charge in [0, 0.05) is 5.39 Å². The molecule has 2 heterocycles. The highest BCUT2D eigenvalue weighted by Gasteiger charge is 2.21. The van der Waals surface area contributed by atoms with Crippen LogP contribution >= 0.6 is 0 Å². The van der Waals surface area contributed by atoms with Crippen LogP contribution in [-0.4, -0.2) is 24.3 Å². The predicted molar refractivity (Wildman–Crippen MR) is 78.9 cm³/mol. The number of fused-ring (bicyclic) bond motifs is 3. The lowest BCUT2D eigenvalue weighted by Gasteiger charge is -2.27. The zero-order valence-corrected chi connectivity index (χ0v) is 10.9. The number of hydrogen-bond acceptors (Lipinski definition) is 4. The van der Waals surface area contributed by atoms with Crippen LogP contribution in [-0.2, 0) is 4.74 Å². The second-order valence-corrected chi connectivity index (χ2v) is 4.97. The molecule has 4 rings (SSSR count). The third-order valence-electron chi connectivity index (χ3n) is 3.62. The van der Waals surface area contributed by atoms with Crippen LogP contribution in [0.25, 0.3) is 21.7 Å². The molecule has 1 aromatic heterocycles. The number of hydrogen-bond donors (Lipinski definition) is 1. The van der Waals surface area contributed by atoms with Gasteiger partial charge in [-0.15, -0.1) is 0 Å². The zero-order valence-electron chi connectivity index (χ0n) is 10.9. The Hall–Kier alpha value is -2.33. The number of nitrogens with two attached hydrogens (primary N) is 1. The third kappa shape index (κ3) is 1.69. The van der Waals surface area contributed by atoms with Gasteiger partial charge in [0.1, 0.15) is 17.7 Å². The molecular formula is C16H14N2O2. The molecule has 100 valence electrons. The quantitative estimate of drug-likeness (QED) is 0.725. The van der Waals surface area contributed by atoms with E-state index in [1.807, 2.05) is 36.4 Å². The highest BCUT2D eigenvalue weighted by atomic mass is 16.6. The largest absolute Gasteiger partial charge is 0.485 e. The molecule has 1 saturated heterocycles. The topological polar surface area (TPSA) is 57.4 Å². The summed E-state index contributed by atoms with van der Waals surface area (Å²) in [5, 5.41) is 3.05. The smallest absolute Gasteiger partial charge is 0.145 e. The molecule has 0 bridgehead atoms. The van der Waals surface area contributed by atoms with E-state index in [-0.39, 0.29) is 6.10 Å². The Kier molecular flexibility index (Phi) is 2.50. The lowest BCUT2D eigenvalue weighted by molar-refractivity contribution is -0.0790. The van der Waals surface area contributed by atoms with Gasteiger partial charge in [-0.05, 0) is 17.5 Å². The van der Waals surface area contributed by atoms with Gasteiger partial charge >= 0.3 is 0 Å². The van der Waals surface area contributed by atoms with Crippen molar-refractivity contribution in [1.29, 1.82) is 0 Å². The minimum Gasteiger partial charge on any atom is -0.485 e. The molecule has 0 amide bonds. The van der Waals surface area contributed by atoms with Crippen molar-refractivity contribution in [3.63, 3.8) is 0 Å². The maximum atomic E-state index is 6.04. The van der Waals surface area contributed by atoms with Crippen molar-refractivity contribution >= 4 is 27.5 Å². The van der Waals surface area contributed by atoms with Gasteiger partial charge in [-0.3, -0.25) is 0 Å². The van der Waals surface area contributed by atoms with Gasteiger partial charge in [0.25, 0.3) is 0 Å². The van der Waals surface area contributed by atoms with Gasteiger partial charge in [0.15, 0.2) is 0 Å². The second kappa shape index (κ2) is 4.35. The predicted octanol–water partition coefficient (Wildman–Crippen LogP) is 2.75. The van der Waals surface area contributed by atoms with Crippen LogP contribution in [0.3, 0.4) is 0 Å². The van der Waals surface area contributed by atoms with Crippen LogP contribution < -0.4 is 10.5 Å². The van der Waals surface area contributed by atoms with E-state index < -0.39 is 0 Å². The maximum Gasteiger partial charge on any atom is 0.145 e. The zero-order chi connectivity index (χ0) is 13.5.